The standard InChI is InChI=1S/C20H12F12N2.C7H7.C2H3N.BF4.Pt/c1-9(33-15-5-11(17(21,22)23)3-12(6-15)18(24,25)26)10(2)34-16-7-13(19(27,28)29)4-14(8-16)20(30,31)32;1-7-5-3-2-4-6-7;1-2-3;2-1(3,4)5;/h3-8H,1-2H3;2-6H,1H2;1H3;;/q;-1;;-1;+2. The van der Waals surface area contributed by atoms with Gasteiger partial charge in [-0.1, -0.05) is 6.07 Å². The van der Waals surface area contributed by atoms with Crippen LogP contribution in [-0.2, 0) is 45.8 Å². The third-order valence-electron chi connectivity index (χ3n) is 5.10. The fourth-order valence-electron chi connectivity index (χ4n) is 3.03. The Morgan fingerprint density at radius 2 is 0.800 bits per heavy atom. The van der Waals surface area contributed by atoms with Gasteiger partial charge in [0, 0.05) is 6.92 Å². The van der Waals surface area contributed by atoms with Crippen LogP contribution in [0.3, 0.4) is 0 Å². The predicted octanol–water partition coefficient (Wildman–Crippen LogP) is 12.3. The molecule has 0 radical (unpaired) electrons. The second kappa shape index (κ2) is 19.4. The molecule has 3 rings (SSSR count). The summed E-state index contributed by atoms with van der Waals surface area (Å²) in [6, 6.07) is 12.6. The number of aliphatic imine (C=N–C) groups is 2. The largest absolute Gasteiger partial charge is 2.00 e. The minimum atomic E-state index is -6.00. The normalized spacial score (nSPS) is 12.4. The molecule has 0 aliphatic rings. The van der Waals surface area contributed by atoms with Crippen molar-refractivity contribution in [2.75, 3.05) is 0 Å². The van der Waals surface area contributed by atoms with E-state index in [1.165, 1.54) is 6.92 Å². The van der Waals surface area contributed by atoms with Crippen molar-refractivity contribution < 1.29 is 91.0 Å². The Bertz CT molecular complexity index is 1440. The SMILES string of the molecule is CC#N.CC(=Nc1cc(C(F)(F)F)cc(C(F)(F)F)c1)C(C)=Nc1cc(C(F)(F)F)cc(C(F)(F)F)c1.F[B-](F)(F)F.[CH2-]c1ccccc1.[Pt+2]. The molecule has 278 valence electrons. The van der Waals surface area contributed by atoms with Gasteiger partial charge in [-0.25, -0.2) is 0 Å². The van der Waals surface area contributed by atoms with Gasteiger partial charge < -0.3 is 17.3 Å². The molecule has 0 aliphatic heterocycles. The third-order valence-corrected chi connectivity index (χ3v) is 5.10. The van der Waals surface area contributed by atoms with E-state index in [4.69, 9.17) is 5.26 Å². The molecule has 0 N–H and O–H groups in total. The summed E-state index contributed by atoms with van der Waals surface area (Å²) in [7, 11) is -6.00. The van der Waals surface area contributed by atoms with E-state index < -0.39 is 65.6 Å². The Kier molecular flexibility index (Phi) is 18.7. The number of halogens is 16. The Hall–Kier alpha value is -4.01. The first-order valence-electron chi connectivity index (χ1n) is 12.7. The first-order valence-corrected chi connectivity index (χ1v) is 12.7. The molecule has 0 unspecified atom stereocenters. The van der Waals surface area contributed by atoms with Crippen molar-refractivity contribution in [1.29, 1.82) is 5.26 Å². The van der Waals surface area contributed by atoms with Crippen LogP contribution in [0.2, 0.25) is 0 Å². The van der Waals surface area contributed by atoms with Gasteiger partial charge in [-0.2, -0.15) is 82.6 Å². The van der Waals surface area contributed by atoms with Crippen LogP contribution < -0.4 is 0 Å². The summed E-state index contributed by atoms with van der Waals surface area (Å²) in [6.07, 6.45) is -20.6. The van der Waals surface area contributed by atoms with Crippen LogP contribution in [-0.4, -0.2) is 18.7 Å². The average molecular weight is 922 g/mol. The van der Waals surface area contributed by atoms with E-state index in [1.54, 1.807) is 6.07 Å². The Labute approximate surface area is 289 Å². The van der Waals surface area contributed by atoms with E-state index in [0.29, 0.717) is 24.3 Å². The van der Waals surface area contributed by atoms with Crippen LogP contribution in [0.5, 0.6) is 0 Å². The first-order chi connectivity index (χ1) is 22.0. The summed E-state index contributed by atoms with van der Waals surface area (Å²) in [5.41, 5.74) is -7.84. The molecule has 3 aromatic rings. The van der Waals surface area contributed by atoms with Crippen molar-refractivity contribution in [2.45, 2.75) is 45.5 Å². The second-order valence-electron chi connectivity index (χ2n) is 9.13. The maximum atomic E-state index is 13.0. The number of hydrogen-bond donors (Lipinski definition) is 0. The molecule has 0 saturated heterocycles. The molecule has 3 aromatic carbocycles. The minimum absolute atomic E-state index is 0. The van der Waals surface area contributed by atoms with Gasteiger partial charge >= 0.3 is 53.0 Å². The van der Waals surface area contributed by atoms with Gasteiger partial charge in [0.25, 0.3) is 0 Å². The van der Waals surface area contributed by atoms with E-state index in [9.17, 15) is 69.9 Å². The zero-order valence-electron chi connectivity index (χ0n) is 25.3. The quantitative estimate of drug-likeness (QED) is 0.112. The third kappa shape index (κ3) is 19.9. The van der Waals surface area contributed by atoms with Crippen molar-refractivity contribution in [1.82, 2.24) is 0 Å². The summed E-state index contributed by atoms with van der Waals surface area (Å²) in [5, 5.41) is 7.32. The summed E-state index contributed by atoms with van der Waals surface area (Å²) < 4.78 is 195. The van der Waals surface area contributed by atoms with Crippen LogP contribution in [0.25, 0.3) is 0 Å². The summed E-state index contributed by atoms with van der Waals surface area (Å²) in [5.74, 6) is 0. The molecule has 0 aromatic heterocycles. The molecule has 0 saturated carbocycles. The van der Waals surface area contributed by atoms with E-state index in [1.807, 2.05) is 30.3 Å². The molecular weight excluding hydrogens is 900 g/mol. The smallest absolute Gasteiger partial charge is 0.418 e. The van der Waals surface area contributed by atoms with Crippen molar-refractivity contribution >= 4 is 30.1 Å². The molecule has 0 fully saturated rings. The molecule has 0 amide bonds. The zero-order valence-corrected chi connectivity index (χ0v) is 27.6. The maximum Gasteiger partial charge on any atom is 2.00 e. The monoisotopic (exact) mass is 922 g/mol. The topological polar surface area (TPSA) is 48.5 Å². The summed E-state index contributed by atoms with van der Waals surface area (Å²) in [4.78, 5) is 7.17. The number of nitriles is 1. The van der Waals surface area contributed by atoms with Gasteiger partial charge in [0.2, 0.25) is 0 Å². The fraction of sp³-hybridized carbons (Fsp3) is 0.241. The molecule has 3 nitrogen and oxygen atoms in total. The average Bonchev–Trinajstić information content (AvgIpc) is 2.91. The van der Waals surface area contributed by atoms with Gasteiger partial charge in [-0.3, -0.25) is 9.98 Å². The van der Waals surface area contributed by atoms with Gasteiger partial charge in [-0.15, -0.1) is 12.1 Å². The Balaban J connectivity index is 0. The summed E-state index contributed by atoms with van der Waals surface area (Å²) >= 11 is 0. The summed E-state index contributed by atoms with van der Waals surface area (Å²) in [6.45, 7) is 7.27. The number of nitrogens with zero attached hydrogens (tertiary/aromatic N) is 3. The molecule has 0 bridgehead atoms. The van der Waals surface area contributed by atoms with Gasteiger partial charge in [0.15, 0.2) is 0 Å². The minimum Gasteiger partial charge on any atom is -0.418 e. The maximum absolute atomic E-state index is 13.0. The number of alkyl halides is 12. The predicted molar refractivity (Wildman–Crippen MR) is 151 cm³/mol. The second-order valence-corrected chi connectivity index (χ2v) is 9.13. The van der Waals surface area contributed by atoms with Crippen molar-refractivity contribution in [3.05, 3.63) is 101 Å². The number of benzene rings is 3. The first kappa shape index (κ1) is 48.1. The molecule has 50 heavy (non-hydrogen) atoms. The van der Waals surface area contributed by atoms with Gasteiger partial charge in [0.1, 0.15) is 0 Å². The molecule has 0 atom stereocenters. The van der Waals surface area contributed by atoms with E-state index in [2.05, 4.69) is 16.9 Å². The van der Waals surface area contributed by atoms with Gasteiger partial charge in [0.05, 0.1) is 51.1 Å². The molecule has 0 heterocycles. The number of hydrogen-bond acceptors (Lipinski definition) is 3. The van der Waals surface area contributed by atoms with Crippen LogP contribution in [0.4, 0.5) is 81.3 Å². The van der Waals surface area contributed by atoms with E-state index in [-0.39, 0.29) is 44.6 Å². The van der Waals surface area contributed by atoms with Crippen LogP contribution in [0.1, 0.15) is 48.6 Å². The van der Waals surface area contributed by atoms with Crippen LogP contribution in [0, 0.1) is 18.3 Å². The Morgan fingerprint density at radius 3 is 0.960 bits per heavy atom. The molecule has 21 heteroatoms. The van der Waals surface area contributed by atoms with Crippen LogP contribution in [0.15, 0.2) is 76.7 Å². The molecule has 0 aliphatic carbocycles. The van der Waals surface area contributed by atoms with E-state index in [0.717, 1.165) is 19.4 Å². The number of rotatable bonds is 3. The van der Waals surface area contributed by atoms with Gasteiger partial charge in [-0.05, 0) is 50.2 Å². The van der Waals surface area contributed by atoms with Crippen molar-refractivity contribution in [3.63, 3.8) is 0 Å². The molecule has 0 spiro atoms. The molecular formula is C29H22BF16N3Pt. The van der Waals surface area contributed by atoms with Crippen molar-refractivity contribution in [2.24, 2.45) is 9.98 Å². The zero-order chi connectivity index (χ0) is 38.6. The van der Waals surface area contributed by atoms with E-state index >= 15 is 0 Å². The Morgan fingerprint density at radius 1 is 0.580 bits per heavy atom. The van der Waals surface area contributed by atoms with Crippen molar-refractivity contribution in [3.8, 4) is 6.07 Å². The van der Waals surface area contributed by atoms with Crippen LogP contribution >= 0.6 is 0 Å². The fourth-order valence-corrected chi connectivity index (χ4v) is 3.03.